The maximum absolute atomic E-state index is 5.51. The van der Waals surface area contributed by atoms with Crippen LogP contribution in [-0.4, -0.2) is 24.7 Å². The predicted octanol–water partition coefficient (Wildman–Crippen LogP) is 2.39. The molecule has 2 unspecified atom stereocenters. The SMILES string of the molecule is CCNC(c1cc(C)nc(C)c1)C1CCOC1. The highest BCUT2D eigenvalue weighted by Gasteiger charge is 2.26. The fourth-order valence-corrected chi connectivity index (χ4v) is 2.64. The first kappa shape index (κ1) is 12.5. The number of aryl methyl sites for hydroxylation is 2. The fraction of sp³-hybridized carbons (Fsp3) is 0.643. The number of pyridine rings is 1. The summed E-state index contributed by atoms with van der Waals surface area (Å²) >= 11 is 0. The lowest BCUT2D eigenvalue weighted by atomic mass is 9.92. The molecule has 2 rings (SSSR count). The average Bonchev–Trinajstić information content (AvgIpc) is 2.77. The summed E-state index contributed by atoms with van der Waals surface area (Å²) in [5, 5.41) is 3.59. The number of nitrogens with zero attached hydrogens (tertiary/aromatic N) is 1. The molecule has 1 fully saturated rings. The minimum Gasteiger partial charge on any atom is -0.381 e. The Morgan fingerprint density at radius 1 is 1.41 bits per heavy atom. The van der Waals surface area contributed by atoms with Crippen molar-refractivity contribution in [3.8, 4) is 0 Å². The standard InChI is InChI=1S/C14H22N2O/c1-4-15-14(12-5-6-17-9-12)13-7-10(2)16-11(3)8-13/h7-8,12,14-15H,4-6,9H2,1-3H3. The molecule has 2 heterocycles. The molecule has 3 nitrogen and oxygen atoms in total. The summed E-state index contributed by atoms with van der Waals surface area (Å²) in [6.07, 6.45) is 1.15. The van der Waals surface area contributed by atoms with Crippen molar-refractivity contribution in [1.82, 2.24) is 10.3 Å². The third-order valence-corrected chi connectivity index (χ3v) is 3.32. The Labute approximate surface area is 104 Å². The summed E-state index contributed by atoms with van der Waals surface area (Å²) in [5.41, 5.74) is 3.55. The van der Waals surface area contributed by atoms with Crippen LogP contribution >= 0.6 is 0 Å². The smallest absolute Gasteiger partial charge is 0.0513 e. The van der Waals surface area contributed by atoms with Gasteiger partial charge in [-0.3, -0.25) is 4.98 Å². The van der Waals surface area contributed by atoms with Crippen molar-refractivity contribution in [2.24, 2.45) is 5.92 Å². The summed E-state index contributed by atoms with van der Waals surface area (Å²) in [6, 6.07) is 4.79. The first-order chi connectivity index (χ1) is 8.20. The predicted molar refractivity (Wildman–Crippen MR) is 69.1 cm³/mol. The van der Waals surface area contributed by atoms with Gasteiger partial charge in [0.25, 0.3) is 0 Å². The first-order valence-corrected chi connectivity index (χ1v) is 6.47. The molecule has 0 bridgehead atoms. The van der Waals surface area contributed by atoms with Crippen LogP contribution in [0, 0.1) is 19.8 Å². The van der Waals surface area contributed by atoms with Crippen molar-refractivity contribution in [2.75, 3.05) is 19.8 Å². The molecule has 0 radical (unpaired) electrons. The molecule has 0 aromatic carbocycles. The van der Waals surface area contributed by atoms with E-state index in [2.05, 4.69) is 43.2 Å². The van der Waals surface area contributed by atoms with Crippen LogP contribution in [0.3, 0.4) is 0 Å². The van der Waals surface area contributed by atoms with Gasteiger partial charge < -0.3 is 10.1 Å². The first-order valence-electron chi connectivity index (χ1n) is 6.47. The average molecular weight is 234 g/mol. The van der Waals surface area contributed by atoms with Crippen LogP contribution in [0.25, 0.3) is 0 Å². The monoisotopic (exact) mass is 234 g/mol. The van der Waals surface area contributed by atoms with Gasteiger partial charge in [0.05, 0.1) is 6.61 Å². The van der Waals surface area contributed by atoms with Gasteiger partial charge in [-0.25, -0.2) is 0 Å². The Morgan fingerprint density at radius 3 is 2.65 bits per heavy atom. The van der Waals surface area contributed by atoms with Crippen molar-refractivity contribution in [2.45, 2.75) is 33.2 Å². The van der Waals surface area contributed by atoms with Crippen LogP contribution in [0.4, 0.5) is 0 Å². The van der Waals surface area contributed by atoms with Crippen molar-refractivity contribution >= 4 is 0 Å². The summed E-state index contributed by atoms with van der Waals surface area (Å²) in [5.74, 6) is 0.594. The zero-order valence-electron chi connectivity index (χ0n) is 11.0. The Hall–Kier alpha value is -0.930. The molecule has 2 atom stereocenters. The lowest BCUT2D eigenvalue weighted by Crippen LogP contribution is -2.28. The van der Waals surface area contributed by atoms with Gasteiger partial charge in [-0.2, -0.15) is 0 Å². The molecule has 0 amide bonds. The maximum atomic E-state index is 5.51. The van der Waals surface area contributed by atoms with E-state index in [1.54, 1.807) is 0 Å². The molecule has 1 aromatic heterocycles. The minimum absolute atomic E-state index is 0.405. The molecular formula is C14H22N2O. The molecule has 94 valence electrons. The van der Waals surface area contributed by atoms with Crippen molar-refractivity contribution in [1.29, 1.82) is 0 Å². The van der Waals surface area contributed by atoms with Crippen LogP contribution in [0.2, 0.25) is 0 Å². The van der Waals surface area contributed by atoms with E-state index in [0.29, 0.717) is 12.0 Å². The number of nitrogens with one attached hydrogen (secondary N) is 1. The van der Waals surface area contributed by atoms with E-state index in [-0.39, 0.29) is 0 Å². The lowest BCUT2D eigenvalue weighted by Gasteiger charge is -2.24. The van der Waals surface area contributed by atoms with Gasteiger partial charge in [-0.05, 0) is 44.5 Å². The highest BCUT2D eigenvalue weighted by molar-refractivity contribution is 5.24. The Morgan fingerprint density at radius 2 is 2.12 bits per heavy atom. The molecule has 17 heavy (non-hydrogen) atoms. The Balaban J connectivity index is 2.24. The maximum Gasteiger partial charge on any atom is 0.0513 e. The second-order valence-electron chi connectivity index (χ2n) is 4.84. The van der Waals surface area contributed by atoms with E-state index in [9.17, 15) is 0 Å². The largest absolute Gasteiger partial charge is 0.381 e. The van der Waals surface area contributed by atoms with Crippen LogP contribution in [0.5, 0.6) is 0 Å². The summed E-state index contributed by atoms with van der Waals surface area (Å²) in [7, 11) is 0. The molecule has 1 N–H and O–H groups in total. The van der Waals surface area contributed by atoms with Crippen LogP contribution in [0.1, 0.15) is 36.3 Å². The molecule has 1 aromatic rings. The van der Waals surface area contributed by atoms with E-state index in [4.69, 9.17) is 4.74 Å². The fourth-order valence-electron chi connectivity index (χ4n) is 2.64. The highest BCUT2D eigenvalue weighted by atomic mass is 16.5. The van der Waals surface area contributed by atoms with Gasteiger partial charge in [0, 0.05) is 30.0 Å². The van der Waals surface area contributed by atoms with Gasteiger partial charge in [-0.15, -0.1) is 0 Å². The van der Waals surface area contributed by atoms with Gasteiger partial charge in [-0.1, -0.05) is 6.92 Å². The van der Waals surface area contributed by atoms with Gasteiger partial charge >= 0.3 is 0 Å². The van der Waals surface area contributed by atoms with E-state index >= 15 is 0 Å². The summed E-state index contributed by atoms with van der Waals surface area (Å²) < 4.78 is 5.51. The normalized spacial score (nSPS) is 21.7. The molecular weight excluding hydrogens is 212 g/mol. The topological polar surface area (TPSA) is 34.2 Å². The van der Waals surface area contributed by atoms with E-state index in [0.717, 1.165) is 37.6 Å². The van der Waals surface area contributed by atoms with Gasteiger partial charge in [0.15, 0.2) is 0 Å². The van der Waals surface area contributed by atoms with Gasteiger partial charge in [0.2, 0.25) is 0 Å². The molecule has 1 saturated heterocycles. The molecule has 0 aliphatic carbocycles. The molecule has 1 aliphatic heterocycles. The molecule has 1 aliphatic rings. The number of hydrogen-bond acceptors (Lipinski definition) is 3. The second-order valence-corrected chi connectivity index (χ2v) is 4.84. The summed E-state index contributed by atoms with van der Waals surface area (Å²) in [4.78, 5) is 4.44. The minimum atomic E-state index is 0.405. The van der Waals surface area contributed by atoms with Crippen LogP contribution in [0.15, 0.2) is 12.1 Å². The number of aromatic nitrogens is 1. The highest BCUT2D eigenvalue weighted by Crippen LogP contribution is 2.29. The molecule has 0 saturated carbocycles. The second kappa shape index (κ2) is 5.61. The van der Waals surface area contributed by atoms with Crippen LogP contribution in [-0.2, 0) is 4.74 Å². The third-order valence-electron chi connectivity index (χ3n) is 3.32. The molecule has 0 spiro atoms. The van der Waals surface area contributed by atoms with E-state index in [1.807, 2.05) is 0 Å². The van der Waals surface area contributed by atoms with Gasteiger partial charge in [0.1, 0.15) is 0 Å². The Kier molecular flexibility index (Phi) is 4.13. The van der Waals surface area contributed by atoms with Crippen molar-refractivity contribution < 1.29 is 4.74 Å². The zero-order chi connectivity index (χ0) is 12.3. The van der Waals surface area contributed by atoms with Crippen molar-refractivity contribution in [3.63, 3.8) is 0 Å². The van der Waals surface area contributed by atoms with Crippen LogP contribution < -0.4 is 5.32 Å². The quantitative estimate of drug-likeness (QED) is 0.868. The number of hydrogen-bond donors (Lipinski definition) is 1. The van der Waals surface area contributed by atoms with Crippen molar-refractivity contribution in [3.05, 3.63) is 29.1 Å². The lowest BCUT2D eigenvalue weighted by molar-refractivity contribution is 0.177. The third kappa shape index (κ3) is 3.05. The summed E-state index contributed by atoms with van der Waals surface area (Å²) in [6.45, 7) is 9.04. The van der Waals surface area contributed by atoms with E-state index < -0.39 is 0 Å². The zero-order valence-corrected chi connectivity index (χ0v) is 11.0. The molecule has 3 heteroatoms. The number of rotatable bonds is 4. The Bertz CT molecular complexity index is 352. The number of ether oxygens (including phenoxy) is 1. The van der Waals surface area contributed by atoms with E-state index in [1.165, 1.54) is 5.56 Å².